The number of aromatic nitrogens is 1. The number of carbonyl (C=O) groups excluding carboxylic acids is 1. The van der Waals surface area contributed by atoms with Gasteiger partial charge in [0.2, 0.25) is 0 Å². The number of H-pyrrole nitrogens is 1. The van der Waals surface area contributed by atoms with Crippen molar-refractivity contribution in [2.45, 2.75) is 6.54 Å². The predicted molar refractivity (Wildman–Crippen MR) is 107 cm³/mol. The number of rotatable bonds is 3. The molecule has 1 aliphatic rings. The standard InChI is InChI=1S/C21H20ClN3O2/c22-18-7-5-15(6-8-18)21(27)25-11-9-24(10-12-25)14-17-13-16-3-1-2-4-19(16)23-20(17)26/h1-8,13H,9-12,14H2,(H,23,26). The largest absolute Gasteiger partial charge is 0.336 e. The number of nitrogens with zero attached hydrogens (tertiary/aromatic N) is 2. The SMILES string of the molecule is O=C(c1ccc(Cl)cc1)N1CCN(Cc2cc3ccccc3[nH]c2=O)CC1. The molecule has 5 nitrogen and oxygen atoms in total. The zero-order chi connectivity index (χ0) is 18.8. The van der Waals surface area contributed by atoms with E-state index in [0.29, 0.717) is 30.2 Å². The summed E-state index contributed by atoms with van der Waals surface area (Å²) in [6.45, 7) is 3.36. The molecule has 1 saturated heterocycles. The van der Waals surface area contributed by atoms with Crippen LogP contribution in [0.5, 0.6) is 0 Å². The Balaban J connectivity index is 1.41. The van der Waals surface area contributed by atoms with Crippen LogP contribution in [0.3, 0.4) is 0 Å². The maximum absolute atomic E-state index is 12.6. The van der Waals surface area contributed by atoms with E-state index >= 15 is 0 Å². The summed E-state index contributed by atoms with van der Waals surface area (Å²) in [6, 6.07) is 16.7. The number of piperazine rings is 1. The molecule has 1 aliphatic heterocycles. The maximum Gasteiger partial charge on any atom is 0.253 e. The first-order chi connectivity index (χ1) is 13.1. The molecule has 1 aromatic heterocycles. The molecule has 1 N–H and O–H groups in total. The lowest BCUT2D eigenvalue weighted by Gasteiger charge is -2.34. The van der Waals surface area contributed by atoms with Crippen LogP contribution >= 0.6 is 11.6 Å². The summed E-state index contributed by atoms with van der Waals surface area (Å²) < 4.78 is 0. The van der Waals surface area contributed by atoms with E-state index in [1.54, 1.807) is 24.3 Å². The fourth-order valence-corrected chi connectivity index (χ4v) is 3.56. The summed E-state index contributed by atoms with van der Waals surface area (Å²) in [5.41, 5.74) is 2.21. The predicted octanol–water partition coefficient (Wildman–Crippen LogP) is 3.14. The number of aromatic amines is 1. The number of fused-ring (bicyclic) bond motifs is 1. The van der Waals surface area contributed by atoms with Crippen molar-refractivity contribution >= 4 is 28.4 Å². The fourth-order valence-electron chi connectivity index (χ4n) is 3.44. The molecule has 2 heterocycles. The number of hydrogen-bond acceptors (Lipinski definition) is 3. The van der Waals surface area contributed by atoms with Crippen molar-refractivity contribution in [1.29, 1.82) is 0 Å². The molecule has 1 amide bonds. The van der Waals surface area contributed by atoms with Gasteiger partial charge in [-0.25, -0.2) is 0 Å². The number of carbonyl (C=O) groups is 1. The normalized spacial score (nSPS) is 15.2. The van der Waals surface area contributed by atoms with Gasteiger partial charge in [-0.1, -0.05) is 29.8 Å². The van der Waals surface area contributed by atoms with Crippen molar-refractivity contribution in [2.24, 2.45) is 0 Å². The van der Waals surface area contributed by atoms with E-state index in [1.165, 1.54) is 0 Å². The Morgan fingerprint density at radius 1 is 1.00 bits per heavy atom. The molecule has 4 rings (SSSR count). The minimum atomic E-state index is -0.0478. The number of pyridine rings is 1. The minimum absolute atomic E-state index is 0.0230. The first-order valence-corrected chi connectivity index (χ1v) is 9.36. The number of amides is 1. The van der Waals surface area contributed by atoms with Gasteiger partial charge in [0.1, 0.15) is 0 Å². The summed E-state index contributed by atoms with van der Waals surface area (Å²) in [4.78, 5) is 31.9. The van der Waals surface area contributed by atoms with Crippen LogP contribution in [0.4, 0.5) is 0 Å². The fraction of sp³-hybridized carbons (Fsp3) is 0.238. The van der Waals surface area contributed by atoms with Gasteiger partial charge in [0.25, 0.3) is 11.5 Å². The van der Waals surface area contributed by atoms with Crippen molar-refractivity contribution in [2.75, 3.05) is 26.2 Å². The van der Waals surface area contributed by atoms with Crippen molar-refractivity contribution < 1.29 is 4.79 Å². The number of nitrogens with one attached hydrogen (secondary N) is 1. The van der Waals surface area contributed by atoms with Gasteiger partial charge in [-0.2, -0.15) is 0 Å². The zero-order valence-electron chi connectivity index (χ0n) is 14.8. The molecule has 138 valence electrons. The average molecular weight is 382 g/mol. The Kier molecular flexibility index (Phi) is 4.97. The summed E-state index contributed by atoms with van der Waals surface area (Å²) in [7, 11) is 0. The Morgan fingerprint density at radius 2 is 1.70 bits per heavy atom. The Bertz CT molecular complexity index is 1020. The summed E-state index contributed by atoms with van der Waals surface area (Å²) in [5, 5.41) is 1.65. The third-order valence-electron chi connectivity index (χ3n) is 4.98. The van der Waals surface area contributed by atoms with Crippen molar-refractivity contribution in [3.8, 4) is 0 Å². The minimum Gasteiger partial charge on any atom is -0.336 e. The van der Waals surface area contributed by atoms with E-state index in [4.69, 9.17) is 11.6 Å². The van der Waals surface area contributed by atoms with Crippen LogP contribution in [0.15, 0.2) is 59.4 Å². The molecule has 0 unspecified atom stereocenters. The summed E-state index contributed by atoms with van der Waals surface area (Å²) >= 11 is 5.89. The molecule has 0 atom stereocenters. The molecule has 3 aromatic rings. The van der Waals surface area contributed by atoms with Crippen LogP contribution in [0, 0.1) is 0 Å². The molecule has 0 aliphatic carbocycles. The van der Waals surface area contributed by atoms with E-state index in [9.17, 15) is 9.59 Å². The van der Waals surface area contributed by atoms with Crippen LogP contribution in [0.1, 0.15) is 15.9 Å². The number of halogens is 1. The van der Waals surface area contributed by atoms with Gasteiger partial charge in [0, 0.05) is 54.4 Å². The van der Waals surface area contributed by atoms with E-state index < -0.39 is 0 Å². The van der Waals surface area contributed by atoms with Gasteiger partial charge in [-0.15, -0.1) is 0 Å². The topological polar surface area (TPSA) is 56.4 Å². The van der Waals surface area contributed by atoms with Gasteiger partial charge >= 0.3 is 0 Å². The van der Waals surface area contributed by atoms with Crippen LogP contribution in [0.25, 0.3) is 10.9 Å². The quantitative estimate of drug-likeness (QED) is 0.758. The zero-order valence-corrected chi connectivity index (χ0v) is 15.6. The second kappa shape index (κ2) is 7.55. The van der Waals surface area contributed by atoms with Crippen LogP contribution in [-0.4, -0.2) is 46.9 Å². The highest BCUT2D eigenvalue weighted by Crippen LogP contribution is 2.15. The third kappa shape index (κ3) is 3.89. The lowest BCUT2D eigenvalue weighted by molar-refractivity contribution is 0.0628. The molecular weight excluding hydrogens is 362 g/mol. The highest BCUT2D eigenvalue weighted by molar-refractivity contribution is 6.30. The van der Waals surface area contributed by atoms with Crippen molar-refractivity contribution in [3.63, 3.8) is 0 Å². The lowest BCUT2D eigenvalue weighted by atomic mass is 10.1. The molecule has 6 heteroatoms. The Labute approximate surface area is 162 Å². The van der Waals surface area contributed by atoms with Crippen molar-refractivity contribution in [1.82, 2.24) is 14.8 Å². The van der Waals surface area contributed by atoms with Gasteiger partial charge in [-0.3, -0.25) is 14.5 Å². The second-order valence-electron chi connectivity index (χ2n) is 6.79. The maximum atomic E-state index is 12.6. The van der Waals surface area contributed by atoms with Crippen LogP contribution < -0.4 is 5.56 Å². The van der Waals surface area contributed by atoms with E-state index in [2.05, 4.69) is 9.88 Å². The van der Waals surface area contributed by atoms with E-state index in [1.807, 2.05) is 35.2 Å². The molecule has 0 spiro atoms. The lowest BCUT2D eigenvalue weighted by Crippen LogP contribution is -2.48. The van der Waals surface area contributed by atoms with Gasteiger partial charge < -0.3 is 9.88 Å². The smallest absolute Gasteiger partial charge is 0.253 e. The monoisotopic (exact) mass is 381 g/mol. The number of para-hydroxylation sites is 1. The molecule has 2 aromatic carbocycles. The van der Waals surface area contributed by atoms with Gasteiger partial charge in [-0.05, 0) is 41.8 Å². The molecule has 27 heavy (non-hydrogen) atoms. The number of hydrogen-bond donors (Lipinski definition) is 1. The highest BCUT2D eigenvalue weighted by Gasteiger charge is 2.22. The van der Waals surface area contributed by atoms with Gasteiger partial charge in [0.15, 0.2) is 0 Å². The highest BCUT2D eigenvalue weighted by atomic mass is 35.5. The third-order valence-corrected chi connectivity index (χ3v) is 5.23. The van der Waals surface area contributed by atoms with Crippen molar-refractivity contribution in [3.05, 3.63) is 81.1 Å². The Hall–Kier alpha value is -2.63. The average Bonchev–Trinajstić information content (AvgIpc) is 2.69. The van der Waals surface area contributed by atoms with Crippen LogP contribution in [0.2, 0.25) is 5.02 Å². The van der Waals surface area contributed by atoms with Gasteiger partial charge in [0.05, 0.1) is 0 Å². The van der Waals surface area contributed by atoms with E-state index in [0.717, 1.165) is 29.6 Å². The number of benzene rings is 2. The van der Waals surface area contributed by atoms with E-state index in [-0.39, 0.29) is 11.5 Å². The molecule has 0 radical (unpaired) electrons. The summed E-state index contributed by atoms with van der Waals surface area (Å²) in [6.07, 6.45) is 0. The first-order valence-electron chi connectivity index (χ1n) is 8.98. The molecule has 1 fully saturated rings. The van der Waals surface area contributed by atoms with Crippen LogP contribution in [-0.2, 0) is 6.54 Å². The first kappa shape index (κ1) is 17.8. The molecule has 0 saturated carbocycles. The molecule has 0 bridgehead atoms. The molecular formula is C21H20ClN3O2. The Morgan fingerprint density at radius 3 is 2.44 bits per heavy atom. The summed E-state index contributed by atoms with van der Waals surface area (Å²) in [5.74, 6) is 0.0230. The second-order valence-corrected chi connectivity index (χ2v) is 7.22.